The minimum atomic E-state index is -2.92. The summed E-state index contributed by atoms with van der Waals surface area (Å²) in [6.07, 6.45) is 3.16. The summed E-state index contributed by atoms with van der Waals surface area (Å²) >= 11 is 1.25. The second kappa shape index (κ2) is 5.45. The van der Waals surface area contributed by atoms with Gasteiger partial charge >= 0.3 is 0 Å². The number of nitrogens with one attached hydrogen (secondary N) is 2. The molecule has 1 saturated carbocycles. The van der Waals surface area contributed by atoms with Gasteiger partial charge in [-0.2, -0.15) is 0 Å². The maximum atomic E-state index is 12.2. The van der Waals surface area contributed by atoms with Gasteiger partial charge in [-0.1, -0.05) is 11.3 Å². The number of hydrogen-bond donors (Lipinski definition) is 3. The number of aromatic nitrogens is 1. The molecule has 1 aromatic rings. The summed E-state index contributed by atoms with van der Waals surface area (Å²) in [5, 5.41) is 6.74. The Hall–Kier alpha value is -1.35. The van der Waals surface area contributed by atoms with Crippen LogP contribution in [0, 0.1) is 0 Å². The highest BCUT2D eigenvalue weighted by Crippen LogP contribution is 2.30. The molecule has 1 saturated heterocycles. The van der Waals surface area contributed by atoms with Crippen LogP contribution in [0.25, 0.3) is 0 Å². The summed E-state index contributed by atoms with van der Waals surface area (Å²) in [6.45, 7) is 0. The van der Waals surface area contributed by atoms with Crippen LogP contribution >= 0.6 is 11.3 Å². The van der Waals surface area contributed by atoms with Crippen LogP contribution in [-0.2, 0) is 9.84 Å². The molecule has 2 fully saturated rings. The molecule has 2 heterocycles. The molecule has 0 radical (unpaired) electrons. The first-order valence-electron chi connectivity index (χ1n) is 6.97. The van der Waals surface area contributed by atoms with Crippen molar-refractivity contribution in [3.63, 3.8) is 0 Å². The number of carbonyl (C=O) groups excluding carboxylic acids is 1. The fourth-order valence-corrected chi connectivity index (χ4v) is 4.60. The van der Waals surface area contributed by atoms with Gasteiger partial charge in [-0.25, -0.2) is 13.4 Å². The summed E-state index contributed by atoms with van der Waals surface area (Å²) < 4.78 is 22.7. The fraction of sp³-hybridized carbons (Fsp3) is 0.667. The quantitative estimate of drug-likeness (QED) is 0.745. The van der Waals surface area contributed by atoms with E-state index in [0.29, 0.717) is 28.9 Å². The minimum Gasteiger partial charge on any atom is -0.382 e. The maximum Gasteiger partial charge on any atom is 0.265 e. The highest BCUT2D eigenvalue weighted by molar-refractivity contribution is 7.91. The van der Waals surface area contributed by atoms with Crippen LogP contribution in [0.1, 0.15) is 35.4 Å². The monoisotopic (exact) mass is 330 g/mol. The third-order valence-corrected chi connectivity index (χ3v) is 6.37. The van der Waals surface area contributed by atoms with Crippen LogP contribution in [0.2, 0.25) is 0 Å². The van der Waals surface area contributed by atoms with Crippen molar-refractivity contribution in [3.05, 3.63) is 4.88 Å². The van der Waals surface area contributed by atoms with E-state index < -0.39 is 9.84 Å². The second-order valence-corrected chi connectivity index (χ2v) is 8.85. The molecule has 0 aromatic carbocycles. The van der Waals surface area contributed by atoms with Gasteiger partial charge in [0.1, 0.15) is 20.5 Å². The first-order valence-corrected chi connectivity index (χ1v) is 9.61. The fourth-order valence-electron chi connectivity index (χ4n) is 2.24. The van der Waals surface area contributed by atoms with Gasteiger partial charge in [-0.3, -0.25) is 4.79 Å². The van der Waals surface area contributed by atoms with Crippen molar-refractivity contribution in [2.24, 2.45) is 0 Å². The van der Waals surface area contributed by atoms with Crippen LogP contribution in [0.3, 0.4) is 0 Å². The molecule has 3 rings (SSSR count). The number of amides is 1. The third kappa shape index (κ3) is 3.65. The lowest BCUT2D eigenvalue weighted by Crippen LogP contribution is -2.40. The predicted octanol–water partition coefficient (Wildman–Crippen LogP) is 0.607. The van der Waals surface area contributed by atoms with Gasteiger partial charge in [-0.05, 0) is 25.7 Å². The summed E-state index contributed by atoms with van der Waals surface area (Å²) in [7, 11) is -2.92. The molecule has 7 nitrogen and oxygen atoms in total. The number of hydrogen-bond acceptors (Lipinski definition) is 7. The van der Waals surface area contributed by atoms with Crippen molar-refractivity contribution in [1.29, 1.82) is 0 Å². The molecular weight excluding hydrogens is 312 g/mol. The Morgan fingerprint density at radius 2 is 1.86 bits per heavy atom. The van der Waals surface area contributed by atoms with Crippen molar-refractivity contribution in [1.82, 2.24) is 10.3 Å². The van der Waals surface area contributed by atoms with Gasteiger partial charge in [0.15, 0.2) is 5.13 Å². The van der Waals surface area contributed by atoms with E-state index in [0.717, 1.165) is 12.8 Å². The summed E-state index contributed by atoms with van der Waals surface area (Å²) in [5.74, 6) is 0.220. The average Bonchev–Trinajstić information content (AvgIpc) is 3.14. The molecule has 0 unspecified atom stereocenters. The predicted molar refractivity (Wildman–Crippen MR) is 82.3 cm³/mol. The van der Waals surface area contributed by atoms with Crippen LogP contribution in [0.4, 0.5) is 10.9 Å². The lowest BCUT2D eigenvalue weighted by atomic mass is 10.1. The standard InChI is InChI=1S/C12H18N4O3S2/c13-10-9(20-12(16-10)15-7-1-2-7)11(17)14-8-3-5-21(18,19)6-4-8/h7-8H,1-6,13H2,(H,14,17)(H,15,16). The molecule has 9 heteroatoms. The van der Waals surface area contributed by atoms with Crippen LogP contribution in [-0.4, -0.2) is 42.9 Å². The van der Waals surface area contributed by atoms with E-state index in [9.17, 15) is 13.2 Å². The molecule has 1 amide bonds. The maximum absolute atomic E-state index is 12.2. The van der Waals surface area contributed by atoms with Crippen LogP contribution < -0.4 is 16.4 Å². The molecule has 1 aliphatic heterocycles. The van der Waals surface area contributed by atoms with E-state index in [4.69, 9.17) is 5.73 Å². The average molecular weight is 330 g/mol. The van der Waals surface area contributed by atoms with Crippen molar-refractivity contribution in [2.45, 2.75) is 37.8 Å². The zero-order chi connectivity index (χ0) is 15.0. The first kappa shape index (κ1) is 14.6. The van der Waals surface area contributed by atoms with E-state index in [1.807, 2.05) is 0 Å². The molecule has 0 atom stereocenters. The normalized spacial score (nSPS) is 21.9. The number of thiazole rings is 1. The Morgan fingerprint density at radius 1 is 1.19 bits per heavy atom. The lowest BCUT2D eigenvalue weighted by Gasteiger charge is -2.22. The minimum absolute atomic E-state index is 0.109. The van der Waals surface area contributed by atoms with Crippen molar-refractivity contribution in [3.8, 4) is 0 Å². The van der Waals surface area contributed by atoms with Gasteiger partial charge in [0, 0.05) is 12.1 Å². The smallest absolute Gasteiger partial charge is 0.265 e. The van der Waals surface area contributed by atoms with Crippen molar-refractivity contribution >= 4 is 38.0 Å². The van der Waals surface area contributed by atoms with Crippen molar-refractivity contribution in [2.75, 3.05) is 22.6 Å². The molecular formula is C12H18N4O3S2. The lowest BCUT2D eigenvalue weighted by molar-refractivity contribution is 0.0939. The molecule has 1 aromatic heterocycles. The number of nitrogens with two attached hydrogens (primary N) is 1. The van der Waals surface area contributed by atoms with E-state index in [2.05, 4.69) is 15.6 Å². The summed E-state index contributed by atoms with van der Waals surface area (Å²) in [4.78, 5) is 16.8. The van der Waals surface area contributed by atoms with Gasteiger partial charge < -0.3 is 16.4 Å². The number of carbonyl (C=O) groups is 1. The van der Waals surface area contributed by atoms with E-state index in [1.165, 1.54) is 11.3 Å². The number of rotatable bonds is 4. The zero-order valence-electron chi connectivity index (χ0n) is 11.5. The first-order chi connectivity index (χ1) is 9.93. The Morgan fingerprint density at radius 3 is 2.48 bits per heavy atom. The van der Waals surface area contributed by atoms with Gasteiger partial charge in [-0.15, -0.1) is 0 Å². The van der Waals surface area contributed by atoms with Gasteiger partial charge in [0.05, 0.1) is 11.5 Å². The topological polar surface area (TPSA) is 114 Å². The van der Waals surface area contributed by atoms with Gasteiger partial charge in [0.25, 0.3) is 5.91 Å². The molecule has 0 bridgehead atoms. The zero-order valence-corrected chi connectivity index (χ0v) is 13.1. The van der Waals surface area contributed by atoms with E-state index in [1.54, 1.807) is 0 Å². The van der Waals surface area contributed by atoms with E-state index in [-0.39, 0.29) is 29.3 Å². The SMILES string of the molecule is Nc1nc(NC2CC2)sc1C(=O)NC1CCS(=O)(=O)CC1. The molecule has 21 heavy (non-hydrogen) atoms. The molecule has 0 spiro atoms. The number of anilines is 2. The third-order valence-electron chi connectivity index (χ3n) is 3.65. The summed E-state index contributed by atoms with van der Waals surface area (Å²) in [5.41, 5.74) is 5.79. The molecule has 1 aliphatic carbocycles. The second-order valence-electron chi connectivity index (χ2n) is 5.55. The molecule has 116 valence electrons. The summed E-state index contributed by atoms with van der Waals surface area (Å²) in [6, 6.07) is 0.345. The molecule has 4 N–H and O–H groups in total. The van der Waals surface area contributed by atoms with Crippen LogP contribution in [0.5, 0.6) is 0 Å². The number of nitrogen functional groups attached to an aromatic ring is 1. The molecule has 2 aliphatic rings. The van der Waals surface area contributed by atoms with Gasteiger partial charge in [0.2, 0.25) is 0 Å². The Kier molecular flexibility index (Phi) is 3.78. The highest BCUT2D eigenvalue weighted by atomic mass is 32.2. The number of sulfone groups is 1. The Balaban J connectivity index is 1.61. The Bertz CT molecular complexity index is 637. The van der Waals surface area contributed by atoms with Crippen LogP contribution in [0.15, 0.2) is 0 Å². The Labute approximate surface area is 127 Å². The van der Waals surface area contributed by atoms with E-state index >= 15 is 0 Å². The highest BCUT2D eigenvalue weighted by Gasteiger charge is 2.27. The van der Waals surface area contributed by atoms with Crippen molar-refractivity contribution < 1.29 is 13.2 Å². The largest absolute Gasteiger partial charge is 0.382 e. The number of nitrogens with zero attached hydrogens (tertiary/aromatic N) is 1.